The fourth-order valence-electron chi connectivity index (χ4n) is 1.98. The van der Waals surface area contributed by atoms with Gasteiger partial charge in [-0.15, -0.1) is 5.10 Å². The third-order valence-electron chi connectivity index (χ3n) is 3.10. The Kier molecular flexibility index (Phi) is 4.39. The zero-order chi connectivity index (χ0) is 17.1. The predicted octanol–water partition coefficient (Wildman–Crippen LogP) is 0.847. The van der Waals surface area contributed by atoms with Gasteiger partial charge in [0, 0.05) is 0 Å². The first kappa shape index (κ1) is 16.1. The topological polar surface area (TPSA) is 121 Å². The molecule has 1 N–H and O–H groups in total. The molecule has 0 amide bonds. The molecule has 0 unspecified atom stereocenters. The molecule has 120 valence electrons. The lowest BCUT2D eigenvalue weighted by Crippen LogP contribution is -2.10. The maximum absolute atomic E-state index is 11.7. The maximum atomic E-state index is 11.7. The molecule has 0 bridgehead atoms. The number of aromatic nitrogens is 3. The highest BCUT2D eigenvalue weighted by atomic mass is 16.5. The monoisotopic (exact) mass is 319 g/mol. The normalized spacial score (nSPS) is 10.2. The van der Waals surface area contributed by atoms with Gasteiger partial charge in [-0.05, 0) is 25.1 Å². The van der Waals surface area contributed by atoms with Crippen molar-refractivity contribution in [2.45, 2.75) is 6.92 Å². The minimum Gasteiger partial charge on any atom is -0.476 e. The first-order chi connectivity index (χ1) is 10.9. The molecule has 0 radical (unpaired) electrons. The van der Waals surface area contributed by atoms with Crippen LogP contribution in [0.4, 0.5) is 0 Å². The van der Waals surface area contributed by atoms with Crippen molar-refractivity contribution in [2.24, 2.45) is 0 Å². The highest BCUT2D eigenvalue weighted by Gasteiger charge is 2.19. The molecule has 2 aromatic rings. The molecule has 0 fully saturated rings. The van der Waals surface area contributed by atoms with Gasteiger partial charge in [0.05, 0.1) is 36.7 Å². The van der Waals surface area contributed by atoms with Crippen molar-refractivity contribution in [2.75, 3.05) is 14.2 Å². The van der Waals surface area contributed by atoms with Crippen LogP contribution in [-0.2, 0) is 9.47 Å². The number of carboxylic acids is 1. The third kappa shape index (κ3) is 3.03. The first-order valence-electron chi connectivity index (χ1n) is 6.36. The van der Waals surface area contributed by atoms with Crippen LogP contribution in [0.15, 0.2) is 18.2 Å². The van der Waals surface area contributed by atoms with Crippen molar-refractivity contribution < 1.29 is 29.0 Å². The van der Waals surface area contributed by atoms with E-state index in [4.69, 9.17) is 5.11 Å². The van der Waals surface area contributed by atoms with Crippen LogP contribution >= 0.6 is 0 Å². The largest absolute Gasteiger partial charge is 0.476 e. The first-order valence-corrected chi connectivity index (χ1v) is 6.36. The summed E-state index contributed by atoms with van der Waals surface area (Å²) in [5.74, 6) is -2.55. The molecule has 0 spiro atoms. The van der Waals surface area contributed by atoms with Crippen LogP contribution < -0.4 is 0 Å². The summed E-state index contributed by atoms with van der Waals surface area (Å²) >= 11 is 0. The van der Waals surface area contributed by atoms with E-state index in [1.54, 1.807) is 0 Å². The molecular formula is C14H13N3O6. The number of nitrogens with zero attached hydrogens (tertiary/aromatic N) is 3. The van der Waals surface area contributed by atoms with Gasteiger partial charge in [-0.3, -0.25) is 0 Å². The lowest BCUT2D eigenvalue weighted by Gasteiger charge is -2.08. The number of carboxylic acid groups (broad SMARTS) is 1. The Labute approximate surface area is 130 Å². The summed E-state index contributed by atoms with van der Waals surface area (Å²) < 4.78 is 10.5. The molecule has 0 aliphatic heterocycles. The van der Waals surface area contributed by atoms with Crippen molar-refractivity contribution in [1.82, 2.24) is 15.0 Å². The Bertz CT molecular complexity index is 762. The maximum Gasteiger partial charge on any atom is 0.358 e. The number of ether oxygens (including phenoxy) is 2. The van der Waals surface area contributed by atoms with Crippen LogP contribution in [0.2, 0.25) is 0 Å². The van der Waals surface area contributed by atoms with E-state index in [0.29, 0.717) is 0 Å². The highest BCUT2D eigenvalue weighted by Crippen LogP contribution is 2.18. The van der Waals surface area contributed by atoms with Crippen molar-refractivity contribution in [3.8, 4) is 5.69 Å². The molecule has 0 saturated carbocycles. The lowest BCUT2D eigenvalue weighted by molar-refractivity contribution is 0.0597. The van der Waals surface area contributed by atoms with Crippen molar-refractivity contribution >= 4 is 17.9 Å². The van der Waals surface area contributed by atoms with Gasteiger partial charge in [0.25, 0.3) is 0 Å². The summed E-state index contributed by atoms with van der Waals surface area (Å²) in [5.41, 5.74) is 0.489. The van der Waals surface area contributed by atoms with Crippen LogP contribution in [0, 0.1) is 6.92 Å². The van der Waals surface area contributed by atoms with E-state index in [1.165, 1.54) is 44.0 Å². The molecule has 1 heterocycles. The van der Waals surface area contributed by atoms with E-state index < -0.39 is 17.9 Å². The molecule has 0 atom stereocenters. The molecular weight excluding hydrogens is 306 g/mol. The van der Waals surface area contributed by atoms with Crippen molar-refractivity contribution in [3.05, 3.63) is 40.7 Å². The van der Waals surface area contributed by atoms with Crippen LogP contribution in [0.3, 0.4) is 0 Å². The summed E-state index contributed by atoms with van der Waals surface area (Å²) in [5, 5.41) is 16.3. The van der Waals surface area contributed by atoms with E-state index in [2.05, 4.69) is 19.8 Å². The van der Waals surface area contributed by atoms with Crippen LogP contribution in [0.1, 0.15) is 36.9 Å². The molecule has 0 saturated heterocycles. The van der Waals surface area contributed by atoms with Gasteiger partial charge in [0.15, 0.2) is 5.69 Å². The number of esters is 2. The van der Waals surface area contributed by atoms with E-state index in [9.17, 15) is 14.4 Å². The molecule has 0 aliphatic carbocycles. The van der Waals surface area contributed by atoms with E-state index >= 15 is 0 Å². The molecule has 1 aromatic heterocycles. The summed E-state index contributed by atoms with van der Waals surface area (Å²) in [4.78, 5) is 34.5. The van der Waals surface area contributed by atoms with Gasteiger partial charge in [0.1, 0.15) is 0 Å². The molecule has 9 heteroatoms. The number of aromatic carboxylic acids is 1. The smallest absolute Gasteiger partial charge is 0.358 e. The average Bonchev–Trinajstić information content (AvgIpc) is 2.94. The molecule has 2 rings (SSSR count). The SMILES string of the molecule is COC(=O)c1cc(C(=O)OC)cc(-n2nnc(C(=O)O)c2C)c1. The van der Waals surface area contributed by atoms with Crippen LogP contribution in [-0.4, -0.2) is 52.2 Å². The number of methoxy groups -OCH3 is 2. The van der Waals surface area contributed by atoms with E-state index in [-0.39, 0.29) is 28.2 Å². The zero-order valence-corrected chi connectivity index (χ0v) is 12.6. The Balaban J connectivity index is 2.64. The Morgan fingerprint density at radius 1 is 1.04 bits per heavy atom. The Morgan fingerprint density at radius 3 is 1.96 bits per heavy atom. The summed E-state index contributed by atoms with van der Waals surface area (Å²) in [6, 6.07) is 4.13. The van der Waals surface area contributed by atoms with Gasteiger partial charge in [-0.2, -0.15) is 0 Å². The van der Waals surface area contributed by atoms with Crippen LogP contribution in [0.25, 0.3) is 5.69 Å². The molecule has 23 heavy (non-hydrogen) atoms. The van der Waals surface area contributed by atoms with Gasteiger partial charge in [-0.25, -0.2) is 19.1 Å². The number of carbonyl (C=O) groups excluding carboxylic acids is 2. The molecule has 1 aromatic carbocycles. The van der Waals surface area contributed by atoms with Gasteiger partial charge >= 0.3 is 17.9 Å². The summed E-state index contributed by atoms with van der Waals surface area (Å²) in [6.45, 7) is 1.51. The molecule has 9 nitrogen and oxygen atoms in total. The van der Waals surface area contributed by atoms with Crippen LogP contribution in [0.5, 0.6) is 0 Å². The number of hydrogen-bond donors (Lipinski definition) is 1. The fraction of sp³-hybridized carbons (Fsp3) is 0.214. The predicted molar refractivity (Wildman–Crippen MR) is 75.7 cm³/mol. The zero-order valence-electron chi connectivity index (χ0n) is 12.6. The Hall–Kier alpha value is -3.23. The Morgan fingerprint density at radius 2 is 1.57 bits per heavy atom. The number of benzene rings is 1. The summed E-state index contributed by atoms with van der Waals surface area (Å²) in [6.07, 6.45) is 0. The number of rotatable bonds is 4. The molecule has 0 aliphatic rings. The second-order valence-corrected chi connectivity index (χ2v) is 4.49. The number of hydrogen-bond acceptors (Lipinski definition) is 7. The minimum absolute atomic E-state index is 0.0946. The van der Waals surface area contributed by atoms with Crippen molar-refractivity contribution in [1.29, 1.82) is 0 Å². The minimum atomic E-state index is -1.23. The average molecular weight is 319 g/mol. The van der Waals surface area contributed by atoms with Gasteiger partial charge in [-0.1, -0.05) is 5.21 Å². The van der Waals surface area contributed by atoms with E-state index in [0.717, 1.165) is 0 Å². The number of carbonyl (C=O) groups is 3. The standard InChI is InChI=1S/C14H13N3O6/c1-7-11(12(18)19)15-16-17(7)10-5-8(13(20)22-2)4-9(6-10)14(21)23-3/h4-6H,1-3H3,(H,18,19). The fourth-order valence-corrected chi connectivity index (χ4v) is 1.98. The lowest BCUT2D eigenvalue weighted by atomic mass is 10.1. The quantitative estimate of drug-likeness (QED) is 0.823. The summed E-state index contributed by atoms with van der Waals surface area (Å²) in [7, 11) is 2.41. The van der Waals surface area contributed by atoms with E-state index in [1.807, 2.05) is 0 Å². The second-order valence-electron chi connectivity index (χ2n) is 4.49. The van der Waals surface area contributed by atoms with Crippen molar-refractivity contribution in [3.63, 3.8) is 0 Å². The third-order valence-corrected chi connectivity index (χ3v) is 3.10. The van der Waals surface area contributed by atoms with Gasteiger partial charge < -0.3 is 14.6 Å². The highest BCUT2D eigenvalue weighted by molar-refractivity contribution is 5.96. The van der Waals surface area contributed by atoms with Gasteiger partial charge in [0.2, 0.25) is 0 Å². The second kappa shape index (κ2) is 6.26.